The molecular formula is C17H26FNO2. The van der Waals surface area contributed by atoms with Gasteiger partial charge in [0.05, 0.1) is 6.61 Å². The zero-order valence-corrected chi connectivity index (χ0v) is 13.4. The number of rotatable bonds is 6. The molecule has 0 aliphatic carbocycles. The predicted molar refractivity (Wildman–Crippen MR) is 82.5 cm³/mol. The summed E-state index contributed by atoms with van der Waals surface area (Å²) in [5, 5.41) is 0. The van der Waals surface area contributed by atoms with Gasteiger partial charge in [0.25, 0.3) is 0 Å². The molecule has 0 radical (unpaired) electrons. The largest absolute Gasteiger partial charge is 0.465 e. The van der Waals surface area contributed by atoms with Crippen molar-refractivity contribution in [2.24, 2.45) is 11.1 Å². The van der Waals surface area contributed by atoms with E-state index < -0.39 is 5.41 Å². The molecule has 1 atom stereocenters. The summed E-state index contributed by atoms with van der Waals surface area (Å²) in [5.74, 6) is -0.743. The van der Waals surface area contributed by atoms with Crippen LogP contribution in [0.25, 0.3) is 0 Å². The highest BCUT2D eigenvalue weighted by Crippen LogP contribution is 2.35. The van der Waals surface area contributed by atoms with Crippen molar-refractivity contribution in [2.45, 2.75) is 46.0 Å². The van der Waals surface area contributed by atoms with Crippen molar-refractivity contribution < 1.29 is 13.9 Å². The highest BCUT2D eigenvalue weighted by molar-refractivity contribution is 5.83. The van der Waals surface area contributed by atoms with Crippen LogP contribution in [0.2, 0.25) is 0 Å². The third-order valence-electron chi connectivity index (χ3n) is 3.69. The van der Waals surface area contributed by atoms with E-state index in [4.69, 9.17) is 10.5 Å². The SMILES string of the molecule is CCOC(=O)C(CN)(CCC(C)(C)C)c1cccc(F)c1. The molecule has 1 aromatic rings. The lowest BCUT2D eigenvalue weighted by molar-refractivity contribution is -0.150. The van der Waals surface area contributed by atoms with Crippen LogP contribution in [0.15, 0.2) is 24.3 Å². The Balaban J connectivity index is 3.22. The van der Waals surface area contributed by atoms with Crippen LogP contribution in [-0.4, -0.2) is 19.1 Å². The van der Waals surface area contributed by atoms with Gasteiger partial charge in [-0.15, -0.1) is 0 Å². The molecule has 0 aromatic heterocycles. The molecule has 0 spiro atoms. The van der Waals surface area contributed by atoms with E-state index in [1.807, 2.05) is 0 Å². The Kier molecular flexibility index (Phi) is 5.90. The molecule has 2 N–H and O–H groups in total. The number of carbonyl (C=O) groups is 1. The summed E-state index contributed by atoms with van der Waals surface area (Å²) in [7, 11) is 0. The van der Waals surface area contributed by atoms with E-state index >= 15 is 0 Å². The highest BCUT2D eigenvalue weighted by atomic mass is 19.1. The lowest BCUT2D eigenvalue weighted by Crippen LogP contribution is -2.45. The third-order valence-corrected chi connectivity index (χ3v) is 3.69. The first-order chi connectivity index (χ1) is 9.75. The lowest BCUT2D eigenvalue weighted by atomic mass is 9.73. The van der Waals surface area contributed by atoms with Crippen LogP contribution in [0.4, 0.5) is 4.39 Å². The van der Waals surface area contributed by atoms with Crippen LogP contribution >= 0.6 is 0 Å². The van der Waals surface area contributed by atoms with Crippen molar-refractivity contribution in [3.63, 3.8) is 0 Å². The van der Waals surface area contributed by atoms with Gasteiger partial charge in [0.1, 0.15) is 11.2 Å². The minimum absolute atomic E-state index is 0.0558. The van der Waals surface area contributed by atoms with Gasteiger partial charge in [-0.1, -0.05) is 32.9 Å². The molecule has 118 valence electrons. The second-order valence-electron chi connectivity index (χ2n) is 6.58. The second-order valence-corrected chi connectivity index (χ2v) is 6.58. The lowest BCUT2D eigenvalue weighted by Gasteiger charge is -2.33. The van der Waals surface area contributed by atoms with Crippen LogP contribution in [0, 0.1) is 11.2 Å². The summed E-state index contributed by atoms with van der Waals surface area (Å²) in [6.07, 6.45) is 1.33. The van der Waals surface area contributed by atoms with E-state index in [9.17, 15) is 9.18 Å². The van der Waals surface area contributed by atoms with Gasteiger partial charge in [0.15, 0.2) is 0 Å². The molecule has 1 unspecified atom stereocenters. The summed E-state index contributed by atoms with van der Waals surface area (Å²) >= 11 is 0. The molecule has 1 rings (SSSR count). The number of ether oxygens (including phenoxy) is 1. The smallest absolute Gasteiger partial charge is 0.317 e. The average molecular weight is 295 g/mol. The van der Waals surface area contributed by atoms with E-state index in [0.717, 1.165) is 6.42 Å². The summed E-state index contributed by atoms with van der Waals surface area (Å²) in [6.45, 7) is 8.45. The van der Waals surface area contributed by atoms with Crippen molar-refractivity contribution in [1.29, 1.82) is 0 Å². The highest BCUT2D eigenvalue weighted by Gasteiger charge is 2.41. The molecule has 0 aliphatic rings. The molecular weight excluding hydrogens is 269 g/mol. The molecule has 3 nitrogen and oxygen atoms in total. The second kappa shape index (κ2) is 7.03. The quantitative estimate of drug-likeness (QED) is 0.818. The number of esters is 1. The van der Waals surface area contributed by atoms with Gasteiger partial charge in [-0.3, -0.25) is 4.79 Å². The van der Waals surface area contributed by atoms with Crippen LogP contribution < -0.4 is 5.73 Å². The maximum absolute atomic E-state index is 13.6. The molecule has 0 saturated carbocycles. The number of nitrogens with two attached hydrogens (primary N) is 1. The number of benzene rings is 1. The van der Waals surface area contributed by atoms with Crippen molar-refractivity contribution in [2.75, 3.05) is 13.2 Å². The van der Waals surface area contributed by atoms with E-state index in [0.29, 0.717) is 12.0 Å². The molecule has 1 aromatic carbocycles. The number of hydrogen-bond donors (Lipinski definition) is 1. The Morgan fingerprint density at radius 3 is 2.43 bits per heavy atom. The maximum Gasteiger partial charge on any atom is 0.317 e. The van der Waals surface area contributed by atoms with Crippen LogP contribution in [0.3, 0.4) is 0 Å². The molecule has 0 bridgehead atoms. The molecule has 0 aliphatic heterocycles. The van der Waals surface area contributed by atoms with E-state index in [1.165, 1.54) is 12.1 Å². The van der Waals surface area contributed by atoms with Gasteiger partial charge in [-0.05, 0) is 42.9 Å². The van der Waals surface area contributed by atoms with Crippen molar-refractivity contribution in [1.82, 2.24) is 0 Å². The fourth-order valence-electron chi connectivity index (χ4n) is 2.31. The van der Waals surface area contributed by atoms with Gasteiger partial charge in [0, 0.05) is 6.54 Å². The fourth-order valence-corrected chi connectivity index (χ4v) is 2.31. The zero-order chi connectivity index (χ0) is 16.1. The topological polar surface area (TPSA) is 52.3 Å². The summed E-state index contributed by atoms with van der Waals surface area (Å²) < 4.78 is 18.8. The average Bonchev–Trinajstić information content (AvgIpc) is 2.39. The predicted octanol–water partition coefficient (Wildman–Crippen LogP) is 3.41. The van der Waals surface area contributed by atoms with Crippen molar-refractivity contribution >= 4 is 5.97 Å². The maximum atomic E-state index is 13.6. The van der Waals surface area contributed by atoms with Gasteiger partial charge in [-0.2, -0.15) is 0 Å². The standard InChI is InChI=1S/C17H26FNO2/c1-5-21-15(20)17(12-19,10-9-16(2,3)4)13-7-6-8-14(18)11-13/h6-8,11H,5,9-10,12,19H2,1-4H3. The van der Waals surface area contributed by atoms with Gasteiger partial charge in [0.2, 0.25) is 0 Å². The molecule has 21 heavy (non-hydrogen) atoms. The van der Waals surface area contributed by atoms with Gasteiger partial charge in [-0.25, -0.2) is 4.39 Å². The van der Waals surface area contributed by atoms with Crippen molar-refractivity contribution in [3.05, 3.63) is 35.6 Å². The Bertz CT molecular complexity index is 482. The minimum atomic E-state index is -0.981. The molecule has 4 heteroatoms. The minimum Gasteiger partial charge on any atom is -0.465 e. The first kappa shape index (κ1) is 17.6. The van der Waals surface area contributed by atoms with Crippen LogP contribution in [-0.2, 0) is 14.9 Å². The van der Waals surface area contributed by atoms with E-state index in [2.05, 4.69) is 20.8 Å². The third kappa shape index (κ3) is 4.53. The fraction of sp³-hybridized carbons (Fsp3) is 0.588. The van der Waals surface area contributed by atoms with Gasteiger partial charge < -0.3 is 10.5 Å². The van der Waals surface area contributed by atoms with Crippen LogP contribution in [0.5, 0.6) is 0 Å². The Morgan fingerprint density at radius 2 is 1.95 bits per heavy atom. The molecule has 0 fully saturated rings. The number of carbonyl (C=O) groups excluding carboxylic acids is 1. The van der Waals surface area contributed by atoms with E-state index in [-0.39, 0.29) is 30.4 Å². The first-order valence-electron chi connectivity index (χ1n) is 7.38. The summed E-state index contributed by atoms with van der Waals surface area (Å²) in [5.41, 5.74) is 5.59. The zero-order valence-electron chi connectivity index (χ0n) is 13.4. The van der Waals surface area contributed by atoms with Crippen LogP contribution in [0.1, 0.15) is 46.1 Å². The van der Waals surface area contributed by atoms with E-state index in [1.54, 1.807) is 19.1 Å². The summed E-state index contributed by atoms with van der Waals surface area (Å²) in [6, 6.07) is 6.09. The Hall–Kier alpha value is -1.42. The normalized spacial score (nSPS) is 14.6. The number of halogens is 1. The first-order valence-corrected chi connectivity index (χ1v) is 7.38. The number of hydrogen-bond acceptors (Lipinski definition) is 3. The molecule has 0 amide bonds. The molecule has 0 saturated heterocycles. The van der Waals surface area contributed by atoms with Crippen molar-refractivity contribution in [3.8, 4) is 0 Å². The Labute approximate surface area is 126 Å². The molecule has 0 heterocycles. The Morgan fingerprint density at radius 1 is 1.29 bits per heavy atom. The summed E-state index contributed by atoms with van der Waals surface area (Å²) in [4.78, 5) is 12.5. The monoisotopic (exact) mass is 295 g/mol. The van der Waals surface area contributed by atoms with Gasteiger partial charge >= 0.3 is 5.97 Å².